The normalized spacial score (nSPS) is 13.3. The minimum absolute atomic E-state index is 0.302. The summed E-state index contributed by atoms with van der Waals surface area (Å²) in [5.74, 6) is -0.637. The molecule has 6 nitrogen and oxygen atoms in total. The molecule has 0 aliphatic heterocycles. The fourth-order valence-electron chi connectivity index (χ4n) is 1.35. The van der Waals surface area contributed by atoms with Crippen molar-refractivity contribution in [2.45, 2.75) is 12.5 Å². The van der Waals surface area contributed by atoms with E-state index in [-0.39, 0.29) is 0 Å². The monoisotopic (exact) mass is 258 g/mol. The maximum absolute atomic E-state index is 11.1. The van der Waals surface area contributed by atoms with Gasteiger partial charge in [-0.25, -0.2) is 0 Å². The third-order valence-corrected chi connectivity index (χ3v) is 2.76. The second kappa shape index (κ2) is 5.93. The van der Waals surface area contributed by atoms with Gasteiger partial charge in [0.2, 0.25) is 5.91 Å². The van der Waals surface area contributed by atoms with E-state index >= 15 is 0 Å². The molecule has 0 heterocycles. The second-order valence-electron chi connectivity index (χ2n) is 3.67. The van der Waals surface area contributed by atoms with Crippen LogP contribution in [0.5, 0.6) is 0 Å². The van der Waals surface area contributed by atoms with E-state index in [1.807, 2.05) is 30.3 Å². The molecule has 1 atom stereocenters. The maximum atomic E-state index is 11.1. The summed E-state index contributed by atoms with van der Waals surface area (Å²) in [6.45, 7) is 0. The zero-order valence-corrected chi connectivity index (χ0v) is 10.0. The van der Waals surface area contributed by atoms with Crippen LogP contribution < -0.4 is 11.1 Å². The zero-order valence-electron chi connectivity index (χ0n) is 9.11. The molecule has 1 aromatic carbocycles. The number of amides is 1. The summed E-state index contributed by atoms with van der Waals surface area (Å²) in [5, 5.41) is 2.47. The number of carbonyl (C=O) groups is 1. The van der Waals surface area contributed by atoms with Crippen molar-refractivity contribution in [3.8, 4) is 0 Å². The Morgan fingerprint density at radius 2 is 1.94 bits per heavy atom. The lowest BCUT2D eigenvalue weighted by Crippen LogP contribution is -2.43. The van der Waals surface area contributed by atoms with E-state index < -0.39 is 25.8 Å². The molecule has 0 saturated carbocycles. The van der Waals surface area contributed by atoms with Crippen molar-refractivity contribution in [3.05, 3.63) is 35.9 Å². The SMILES string of the molecule is NC(=O)C(Cc1ccccc1)NCP(=O)(O)O. The van der Waals surface area contributed by atoms with E-state index in [1.54, 1.807) is 0 Å². The first-order valence-electron chi connectivity index (χ1n) is 4.99. The number of hydrogen-bond donors (Lipinski definition) is 4. The van der Waals surface area contributed by atoms with Crippen molar-refractivity contribution in [2.24, 2.45) is 5.73 Å². The number of rotatable bonds is 6. The Labute approximate surface area is 99.0 Å². The Morgan fingerprint density at radius 3 is 2.41 bits per heavy atom. The summed E-state index contributed by atoms with van der Waals surface area (Å²) in [7, 11) is -4.18. The molecule has 0 aliphatic carbocycles. The van der Waals surface area contributed by atoms with Crippen LogP contribution in [0, 0.1) is 0 Å². The summed E-state index contributed by atoms with van der Waals surface area (Å²) in [6, 6.07) is 8.31. The van der Waals surface area contributed by atoms with Crippen LogP contribution >= 0.6 is 7.60 Å². The maximum Gasteiger partial charge on any atom is 0.339 e. The molecule has 1 amide bonds. The van der Waals surface area contributed by atoms with E-state index in [9.17, 15) is 9.36 Å². The van der Waals surface area contributed by atoms with E-state index in [0.29, 0.717) is 6.42 Å². The molecule has 7 heteroatoms. The Morgan fingerprint density at radius 1 is 1.35 bits per heavy atom. The van der Waals surface area contributed by atoms with Crippen LogP contribution in [-0.2, 0) is 15.8 Å². The van der Waals surface area contributed by atoms with Gasteiger partial charge in [0.25, 0.3) is 0 Å². The number of primary amides is 1. The lowest BCUT2D eigenvalue weighted by atomic mass is 10.1. The van der Waals surface area contributed by atoms with E-state index in [0.717, 1.165) is 5.56 Å². The molecule has 0 aromatic heterocycles. The lowest BCUT2D eigenvalue weighted by molar-refractivity contribution is -0.119. The van der Waals surface area contributed by atoms with Crippen molar-refractivity contribution >= 4 is 13.5 Å². The average Bonchev–Trinajstić information content (AvgIpc) is 2.24. The van der Waals surface area contributed by atoms with Crippen LogP contribution in [0.15, 0.2) is 30.3 Å². The minimum atomic E-state index is -4.18. The molecule has 1 aromatic rings. The van der Waals surface area contributed by atoms with Gasteiger partial charge in [0.15, 0.2) is 0 Å². The molecular weight excluding hydrogens is 243 g/mol. The fourth-order valence-corrected chi connectivity index (χ4v) is 1.81. The van der Waals surface area contributed by atoms with Crippen LogP contribution in [-0.4, -0.2) is 28.0 Å². The molecule has 0 radical (unpaired) electrons. The molecule has 0 saturated heterocycles. The molecule has 94 valence electrons. The van der Waals surface area contributed by atoms with Crippen molar-refractivity contribution in [2.75, 3.05) is 6.29 Å². The van der Waals surface area contributed by atoms with Gasteiger partial charge in [0.05, 0.1) is 12.3 Å². The summed E-state index contributed by atoms with van der Waals surface area (Å²) in [6.07, 6.45) is -0.260. The number of benzene rings is 1. The predicted octanol–water partition coefficient (Wildman–Crippen LogP) is -0.192. The molecule has 17 heavy (non-hydrogen) atoms. The van der Waals surface area contributed by atoms with E-state index in [1.165, 1.54) is 0 Å². The van der Waals surface area contributed by atoms with E-state index in [2.05, 4.69) is 5.32 Å². The molecular formula is C10H15N2O4P. The van der Waals surface area contributed by atoms with Crippen molar-refractivity contribution in [1.82, 2.24) is 5.32 Å². The second-order valence-corrected chi connectivity index (χ2v) is 5.32. The highest BCUT2D eigenvalue weighted by Crippen LogP contribution is 2.32. The van der Waals surface area contributed by atoms with E-state index in [4.69, 9.17) is 15.5 Å². The molecule has 5 N–H and O–H groups in total. The Balaban J connectivity index is 2.62. The van der Waals surface area contributed by atoms with Crippen LogP contribution in [0.4, 0.5) is 0 Å². The summed E-state index contributed by atoms with van der Waals surface area (Å²) in [4.78, 5) is 28.5. The van der Waals surface area contributed by atoms with Gasteiger partial charge in [-0.3, -0.25) is 14.7 Å². The summed E-state index contributed by atoms with van der Waals surface area (Å²) >= 11 is 0. The topological polar surface area (TPSA) is 113 Å². The largest absolute Gasteiger partial charge is 0.368 e. The van der Waals surface area contributed by atoms with Gasteiger partial charge < -0.3 is 15.5 Å². The molecule has 0 bridgehead atoms. The zero-order chi connectivity index (χ0) is 12.9. The average molecular weight is 258 g/mol. The minimum Gasteiger partial charge on any atom is -0.368 e. The van der Waals surface area contributed by atoms with Gasteiger partial charge in [-0.1, -0.05) is 30.3 Å². The smallest absolute Gasteiger partial charge is 0.339 e. The van der Waals surface area contributed by atoms with Crippen molar-refractivity contribution < 1.29 is 19.1 Å². The van der Waals surface area contributed by atoms with Crippen LogP contribution in [0.25, 0.3) is 0 Å². The summed E-state index contributed by atoms with van der Waals surface area (Å²) < 4.78 is 10.7. The van der Waals surface area contributed by atoms with Gasteiger partial charge in [-0.05, 0) is 12.0 Å². The van der Waals surface area contributed by atoms with Crippen LogP contribution in [0.1, 0.15) is 5.56 Å². The number of nitrogens with one attached hydrogen (secondary N) is 1. The van der Waals surface area contributed by atoms with Crippen LogP contribution in [0.2, 0.25) is 0 Å². The number of carbonyl (C=O) groups excluding carboxylic acids is 1. The van der Waals surface area contributed by atoms with Crippen molar-refractivity contribution in [3.63, 3.8) is 0 Å². The number of nitrogens with two attached hydrogens (primary N) is 1. The standard InChI is InChI=1S/C10H15N2O4P/c11-10(13)9(12-7-17(14,15)16)6-8-4-2-1-3-5-8/h1-5,9,12H,6-7H2,(H2,11,13)(H2,14,15,16). The third kappa shape index (κ3) is 5.60. The Hall–Kier alpha value is -1.20. The number of hydrogen-bond acceptors (Lipinski definition) is 3. The highest BCUT2D eigenvalue weighted by molar-refractivity contribution is 7.51. The molecule has 1 unspecified atom stereocenters. The first-order valence-corrected chi connectivity index (χ1v) is 6.79. The highest BCUT2D eigenvalue weighted by atomic mass is 31.2. The van der Waals surface area contributed by atoms with Crippen molar-refractivity contribution in [1.29, 1.82) is 0 Å². The highest BCUT2D eigenvalue weighted by Gasteiger charge is 2.20. The Kier molecular flexibility index (Phi) is 4.84. The van der Waals surface area contributed by atoms with Gasteiger partial charge in [0.1, 0.15) is 0 Å². The first kappa shape index (κ1) is 13.9. The Bertz CT molecular complexity index is 418. The lowest BCUT2D eigenvalue weighted by Gasteiger charge is -2.15. The quantitative estimate of drug-likeness (QED) is 0.528. The van der Waals surface area contributed by atoms with Gasteiger partial charge in [0, 0.05) is 0 Å². The fraction of sp³-hybridized carbons (Fsp3) is 0.300. The molecule has 0 aliphatic rings. The van der Waals surface area contributed by atoms with Gasteiger partial charge in [-0.15, -0.1) is 0 Å². The van der Waals surface area contributed by atoms with Gasteiger partial charge in [-0.2, -0.15) is 0 Å². The predicted molar refractivity (Wildman–Crippen MR) is 63.2 cm³/mol. The summed E-state index contributed by atoms with van der Waals surface area (Å²) in [5.41, 5.74) is 6.03. The molecule has 0 spiro atoms. The first-order chi connectivity index (χ1) is 7.88. The molecule has 0 fully saturated rings. The molecule has 1 rings (SSSR count). The van der Waals surface area contributed by atoms with Gasteiger partial charge >= 0.3 is 7.60 Å². The van der Waals surface area contributed by atoms with Crippen LogP contribution in [0.3, 0.4) is 0 Å². The third-order valence-electron chi connectivity index (χ3n) is 2.17.